The van der Waals surface area contributed by atoms with E-state index in [1.54, 1.807) is 0 Å². The Bertz CT molecular complexity index is 54.3. The number of allylic oxidation sites excluding steroid dienone is 2. The smallest absolute Gasteiger partial charge is 0 e. The van der Waals surface area contributed by atoms with Gasteiger partial charge in [0, 0.05) is 20.4 Å². The minimum Gasteiger partial charge on any atom is -0.114 e. The first-order valence-corrected chi connectivity index (χ1v) is 4.75. The molecule has 0 rings (SSSR count). The van der Waals surface area contributed by atoms with E-state index < -0.39 is 0 Å². The molecule has 0 heterocycles. The monoisotopic (exact) mass is 250 g/mol. The van der Waals surface area contributed by atoms with Crippen LogP contribution in [0.5, 0.6) is 0 Å². The summed E-state index contributed by atoms with van der Waals surface area (Å²) in [6, 6.07) is 0. The Balaban J connectivity index is -0.000000149. The molecule has 0 N–H and O–H groups in total. The van der Waals surface area contributed by atoms with Crippen molar-refractivity contribution in [2.45, 2.75) is 13.8 Å². The molecule has 0 unspecified atom stereocenters. The first-order valence-electron chi connectivity index (χ1n) is 3.34. The van der Waals surface area contributed by atoms with Crippen LogP contribution >= 0.6 is 8.58 Å². The summed E-state index contributed by atoms with van der Waals surface area (Å²) in [5.74, 6) is 0. The van der Waals surface area contributed by atoms with E-state index in [0.717, 1.165) is 20.9 Å². The second kappa shape index (κ2) is 22.7. The van der Waals surface area contributed by atoms with Gasteiger partial charge >= 0.3 is 0 Å². The van der Waals surface area contributed by atoms with Gasteiger partial charge in [0.1, 0.15) is 0 Å². The average Bonchev–Trinajstić information content (AvgIpc) is 1.94. The van der Waals surface area contributed by atoms with E-state index in [1.165, 1.54) is 0 Å². The Morgan fingerprint density at radius 1 is 1.10 bits per heavy atom. The van der Waals surface area contributed by atoms with Gasteiger partial charge in [-0.3, -0.25) is 0 Å². The number of hydrogen-bond donors (Lipinski definition) is 0. The standard InChI is InChI=1S/C6H11P.C2H6.Pd/c1-3-5-7-6-4-2;1-2;/h3-4,7H,1-2,5-6H2;1-2H3;. The molecule has 0 aromatic carbocycles. The Kier molecular flexibility index (Phi) is 38.3. The molecule has 0 nitrogen and oxygen atoms in total. The molecule has 0 spiro atoms. The minimum absolute atomic E-state index is 0. The zero-order valence-electron chi connectivity index (χ0n) is 6.80. The van der Waals surface area contributed by atoms with Crippen molar-refractivity contribution in [1.29, 1.82) is 0 Å². The quantitative estimate of drug-likeness (QED) is 0.311. The van der Waals surface area contributed by atoms with Gasteiger partial charge in [-0.05, 0) is 12.3 Å². The molecule has 0 aliphatic carbocycles. The SMILES string of the molecule is C=CCPCC=C.CC.[Pd]. The minimum atomic E-state index is 0. The van der Waals surface area contributed by atoms with E-state index in [4.69, 9.17) is 0 Å². The van der Waals surface area contributed by atoms with Gasteiger partial charge in [-0.2, -0.15) is 0 Å². The van der Waals surface area contributed by atoms with E-state index in [-0.39, 0.29) is 20.4 Å². The largest absolute Gasteiger partial charge is 0.114 e. The van der Waals surface area contributed by atoms with E-state index >= 15 is 0 Å². The summed E-state index contributed by atoms with van der Waals surface area (Å²) in [5.41, 5.74) is 0. The fraction of sp³-hybridized carbons (Fsp3) is 0.500. The molecule has 10 heavy (non-hydrogen) atoms. The van der Waals surface area contributed by atoms with Gasteiger partial charge in [-0.25, -0.2) is 0 Å². The summed E-state index contributed by atoms with van der Waals surface area (Å²) in [7, 11) is 0.996. The molecule has 0 amide bonds. The van der Waals surface area contributed by atoms with Gasteiger partial charge in [-0.1, -0.05) is 26.0 Å². The molecule has 0 fully saturated rings. The molecule has 0 aliphatic heterocycles. The van der Waals surface area contributed by atoms with E-state index in [2.05, 4.69) is 13.2 Å². The second-order valence-corrected chi connectivity index (χ2v) is 2.55. The summed E-state index contributed by atoms with van der Waals surface area (Å²) < 4.78 is 0. The first kappa shape index (κ1) is 16.9. The van der Waals surface area contributed by atoms with Crippen LogP contribution in [0.2, 0.25) is 0 Å². The predicted molar refractivity (Wildman–Crippen MR) is 49.8 cm³/mol. The molecule has 64 valence electrons. The van der Waals surface area contributed by atoms with Gasteiger partial charge < -0.3 is 0 Å². The first-order chi connectivity index (χ1) is 4.41. The molecule has 0 saturated carbocycles. The maximum absolute atomic E-state index is 3.61. The Morgan fingerprint density at radius 2 is 1.40 bits per heavy atom. The zero-order chi connectivity index (χ0) is 7.54. The predicted octanol–water partition coefficient (Wildman–Crippen LogP) is 3.06. The van der Waals surface area contributed by atoms with Crippen molar-refractivity contribution in [1.82, 2.24) is 0 Å². The summed E-state index contributed by atoms with van der Waals surface area (Å²) in [5, 5.41) is 0. The number of rotatable bonds is 4. The fourth-order valence-electron chi connectivity index (χ4n) is 0.287. The molecule has 0 aromatic rings. The second-order valence-electron chi connectivity index (χ2n) is 1.24. The number of hydrogen-bond acceptors (Lipinski definition) is 0. The maximum Gasteiger partial charge on any atom is 0 e. The summed E-state index contributed by atoms with van der Waals surface area (Å²) in [6.45, 7) is 11.2. The van der Waals surface area contributed by atoms with Crippen molar-refractivity contribution in [3.05, 3.63) is 25.3 Å². The third-order valence-corrected chi connectivity index (χ3v) is 1.73. The molecule has 0 aromatic heterocycles. The van der Waals surface area contributed by atoms with Gasteiger partial charge in [0.25, 0.3) is 0 Å². The third-order valence-electron chi connectivity index (χ3n) is 0.577. The van der Waals surface area contributed by atoms with E-state index in [1.807, 2.05) is 26.0 Å². The van der Waals surface area contributed by atoms with Crippen LogP contribution in [-0.2, 0) is 20.4 Å². The van der Waals surface area contributed by atoms with Crippen LogP contribution in [0.15, 0.2) is 25.3 Å². The third kappa shape index (κ3) is 23.5. The van der Waals surface area contributed by atoms with Gasteiger partial charge in [0.2, 0.25) is 0 Å². The van der Waals surface area contributed by atoms with E-state index in [0.29, 0.717) is 0 Å². The maximum atomic E-state index is 3.61. The molecule has 0 bridgehead atoms. The Morgan fingerprint density at radius 3 is 1.60 bits per heavy atom. The molecule has 0 radical (unpaired) electrons. The molecular formula is C8H17PPd. The van der Waals surface area contributed by atoms with Gasteiger partial charge in [0.05, 0.1) is 0 Å². The van der Waals surface area contributed by atoms with Crippen LogP contribution in [0.25, 0.3) is 0 Å². The molecule has 0 aliphatic rings. The molecule has 0 saturated heterocycles. The summed E-state index contributed by atoms with van der Waals surface area (Å²) in [6.07, 6.45) is 6.18. The topological polar surface area (TPSA) is 0 Å². The molecule has 2 heteroatoms. The molecule has 0 atom stereocenters. The van der Waals surface area contributed by atoms with Crippen molar-refractivity contribution >= 4 is 8.58 Å². The van der Waals surface area contributed by atoms with E-state index in [9.17, 15) is 0 Å². The van der Waals surface area contributed by atoms with Gasteiger partial charge in [-0.15, -0.1) is 21.7 Å². The van der Waals surface area contributed by atoms with Crippen LogP contribution in [0.1, 0.15) is 13.8 Å². The van der Waals surface area contributed by atoms with Crippen molar-refractivity contribution in [3.8, 4) is 0 Å². The van der Waals surface area contributed by atoms with Crippen LogP contribution in [-0.4, -0.2) is 12.3 Å². The van der Waals surface area contributed by atoms with Gasteiger partial charge in [0.15, 0.2) is 0 Å². The van der Waals surface area contributed by atoms with Crippen molar-refractivity contribution in [3.63, 3.8) is 0 Å². The summed E-state index contributed by atoms with van der Waals surface area (Å²) in [4.78, 5) is 0. The van der Waals surface area contributed by atoms with Crippen molar-refractivity contribution < 1.29 is 20.4 Å². The van der Waals surface area contributed by atoms with Crippen molar-refractivity contribution in [2.75, 3.05) is 12.3 Å². The fourth-order valence-corrected chi connectivity index (χ4v) is 0.862. The van der Waals surface area contributed by atoms with Crippen molar-refractivity contribution in [2.24, 2.45) is 0 Å². The Labute approximate surface area is 80.6 Å². The normalized spacial score (nSPS) is 6.20. The van der Waals surface area contributed by atoms with Crippen LogP contribution < -0.4 is 0 Å². The Hall–Kier alpha value is 0.572. The van der Waals surface area contributed by atoms with Crippen LogP contribution in [0, 0.1) is 0 Å². The van der Waals surface area contributed by atoms with Crippen LogP contribution in [0.3, 0.4) is 0 Å². The van der Waals surface area contributed by atoms with Crippen LogP contribution in [0.4, 0.5) is 0 Å². The molecular weight excluding hydrogens is 233 g/mol. The zero-order valence-corrected chi connectivity index (χ0v) is 9.35. The average molecular weight is 251 g/mol. The summed E-state index contributed by atoms with van der Waals surface area (Å²) >= 11 is 0.